The number of hydrogen-bond donors (Lipinski definition) is 0. The zero-order valence-corrected chi connectivity index (χ0v) is 10.9. The maximum absolute atomic E-state index is 2.38. The molecule has 0 radical (unpaired) electrons. The van der Waals surface area contributed by atoms with Crippen molar-refractivity contribution in [1.82, 2.24) is 0 Å². The second kappa shape index (κ2) is 3.71. The molecular formula is C18H18. The van der Waals surface area contributed by atoms with E-state index in [4.69, 9.17) is 0 Å². The number of benzene rings is 2. The average Bonchev–Trinajstić information content (AvgIpc) is 2.73. The van der Waals surface area contributed by atoms with Gasteiger partial charge in [-0.15, -0.1) is 0 Å². The number of fused-ring (bicyclic) bond motifs is 5. The van der Waals surface area contributed by atoms with Crippen molar-refractivity contribution in [2.75, 3.05) is 0 Å². The summed E-state index contributed by atoms with van der Waals surface area (Å²) in [5.41, 5.74) is 9.40. The van der Waals surface area contributed by atoms with Crippen molar-refractivity contribution in [3.63, 3.8) is 0 Å². The Kier molecular flexibility index (Phi) is 2.14. The molecule has 18 heavy (non-hydrogen) atoms. The van der Waals surface area contributed by atoms with Gasteiger partial charge in [0.05, 0.1) is 0 Å². The molecule has 90 valence electrons. The van der Waals surface area contributed by atoms with Crippen molar-refractivity contribution in [1.29, 1.82) is 0 Å². The normalized spacial score (nSPS) is 20.2. The lowest BCUT2D eigenvalue weighted by molar-refractivity contribution is 0.686. The van der Waals surface area contributed by atoms with Crippen LogP contribution in [0.1, 0.15) is 47.9 Å². The SMILES string of the molecule is CC1c2ccccc2-c2c1ccc1c2CCCC1. The predicted molar refractivity (Wildman–Crippen MR) is 76.0 cm³/mol. The van der Waals surface area contributed by atoms with Crippen LogP contribution < -0.4 is 0 Å². The zero-order chi connectivity index (χ0) is 12.1. The van der Waals surface area contributed by atoms with E-state index in [0.717, 1.165) is 0 Å². The van der Waals surface area contributed by atoms with Crippen molar-refractivity contribution >= 4 is 0 Å². The van der Waals surface area contributed by atoms with Crippen molar-refractivity contribution in [2.24, 2.45) is 0 Å². The van der Waals surface area contributed by atoms with E-state index in [9.17, 15) is 0 Å². The second-order valence-corrected chi connectivity index (χ2v) is 5.68. The first-order chi connectivity index (χ1) is 8.86. The second-order valence-electron chi connectivity index (χ2n) is 5.68. The Morgan fingerprint density at radius 1 is 0.889 bits per heavy atom. The van der Waals surface area contributed by atoms with Crippen LogP contribution >= 0.6 is 0 Å². The van der Waals surface area contributed by atoms with Gasteiger partial charge in [0.1, 0.15) is 0 Å². The molecule has 0 heterocycles. The molecule has 0 fully saturated rings. The van der Waals surface area contributed by atoms with Crippen LogP contribution in [0.5, 0.6) is 0 Å². The molecule has 0 N–H and O–H groups in total. The van der Waals surface area contributed by atoms with Crippen molar-refractivity contribution in [3.8, 4) is 11.1 Å². The average molecular weight is 234 g/mol. The first kappa shape index (κ1) is 10.4. The van der Waals surface area contributed by atoms with Crippen molar-refractivity contribution in [3.05, 3.63) is 58.7 Å². The van der Waals surface area contributed by atoms with Gasteiger partial charge in [-0.25, -0.2) is 0 Å². The minimum atomic E-state index is 0.573. The molecule has 0 saturated carbocycles. The highest BCUT2D eigenvalue weighted by Gasteiger charge is 2.28. The maximum atomic E-state index is 2.38. The van der Waals surface area contributed by atoms with Crippen LogP contribution in [0.2, 0.25) is 0 Å². The summed E-state index contributed by atoms with van der Waals surface area (Å²) >= 11 is 0. The van der Waals surface area contributed by atoms with E-state index in [-0.39, 0.29) is 0 Å². The maximum Gasteiger partial charge on any atom is 0.00734 e. The molecule has 2 aliphatic rings. The molecule has 4 rings (SSSR count). The first-order valence-corrected chi connectivity index (χ1v) is 7.10. The van der Waals surface area contributed by atoms with Crippen molar-refractivity contribution in [2.45, 2.75) is 38.5 Å². The van der Waals surface area contributed by atoms with Gasteiger partial charge in [0.2, 0.25) is 0 Å². The minimum absolute atomic E-state index is 0.573. The highest BCUT2D eigenvalue weighted by molar-refractivity contribution is 5.82. The molecule has 1 atom stereocenters. The summed E-state index contributed by atoms with van der Waals surface area (Å²) in [7, 11) is 0. The molecule has 1 unspecified atom stereocenters. The summed E-state index contributed by atoms with van der Waals surface area (Å²) in [5.74, 6) is 0.573. The third kappa shape index (κ3) is 1.26. The number of hydrogen-bond acceptors (Lipinski definition) is 0. The summed E-state index contributed by atoms with van der Waals surface area (Å²) in [5, 5.41) is 0. The first-order valence-electron chi connectivity index (χ1n) is 7.10. The van der Waals surface area contributed by atoms with Gasteiger partial charge >= 0.3 is 0 Å². The van der Waals surface area contributed by atoms with Gasteiger partial charge in [-0.05, 0) is 59.1 Å². The molecule has 2 aromatic rings. The van der Waals surface area contributed by atoms with Gasteiger partial charge in [-0.3, -0.25) is 0 Å². The lowest BCUT2D eigenvalue weighted by Crippen LogP contribution is -2.05. The molecular weight excluding hydrogens is 216 g/mol. The van der Waals surface area contributed by atoms with Crippen molar-refractivity contribution < 1.29 is 0 Å². The van der Waals surface area contributed by atoms with Gasteiger partial charge in [-0.2, -0.15) is 0 Å². The van der Waals surface area contributed by atoms with E-state index in [1.165, 1.54) is 36.8 Å². The Labute approximate surface area is 109 Å². The highest BCUT2D eigenvalue weighted by atomic mass is 14.3. The number of aryl methyl sites for hydroxylation is 1. The largest absolute Gasteiger partial charge is 0.0619 e. The molecule has 0 heteroatoms. The molecule has 0 aliphatic heterocycles. The van der Waals surface area contributed by atoms with Gasteiger partial charge in [0.25, 0.3) is 0 Å². The van der Waals surface area contributed by atoms with E-state index in [1.807, 2.05) is 0 Å². The summed E-state index contributed by atoms with van der Waals surface area (Å²) in [6, 6.07) is 13.7. The summed E-state index contributed by atoms with van der Waals surface area (Å²) in [6.07, 6.45) is 5.28. The Balaban J connectivity index is 2.04. The predicted octanol–water partition coefficient (Wildman–Crippen LogP) is 4.70. The van der Waals surface area contributed by atoms with Crippen LogP contribution in [-0.4, -0.2) is 0 Å². The zero-order valence-electron chi connectivity index (χ0n) is 10.9. The summed E-state index contributed by atoms with van der Waals surface area (Å²) in [6.45, 7) is 2.35. The summed E-state index contributed by atoms with van der Waals surface area (Å²) < 4.78 is 0. The molecule has 0 bridgehead atoms. The van der Waals surface area contributed by atoms with E-state index >= 15 is 0 Å². The van der Waals surface area contributed by atoms with E-state index in [1.54, 1.807) is 22.3 Å². The molecule has 0 saturated heterocycles. The monoisotopic (exact) mass is 234 g/mol. The van der Waals surface area contributed by atoms with Gasteiger partial charge in [0, 0.05) is 5.92 Å². The number of rotatable bonds is 0. The Bertz CT molecular complexity index is 622. The molecule has 2 aliphatic carbocycles. The standard InChI is InChI=1S/C18H18/c1-12-14-7-4-5-9-17(14)18-15(12)11-10-13-6-2-3-8-16(13)18/h4-5,7,9-12H,2-3,6,8H2,1H3. The fourth-order valence-electron chi connectivity index (χ4n) is 3.79. The van der Waals surface area contributed by atoms with Crippen LogP contribution in [-0.2, 0) is 12.8 Å². The van der Waals surface area contributed by atoms with E-state index in [2.05, 4.69) is 43.3 Å². The Morgan fingerprint density at radius 2 is 1.72 bits per heavy atom. The fraction of sp³-hybridized carbons (Fsp3) is 0.333. The van der Waals surface area contributed by atoms with Crippen LogP contribution in [0.25, 0.3) is 11.1 Å². The van der Waals surface area contributed by atoms with Gasteiger partial charge in [0.15, 0.2) is 0 Å². The van der Waals surface area contributed by atoms with Crippen LogP contribution in [0.3, 0.4) is 0 Å². The molecule has 0 amide bonds. The third-order valence-corrected chi connectivity index (χ3v) is 4.73. The van der Waals surface area contributed by atoms with Gasteiger partial charge in [-0.1, -0.05) is 43.3 Å². The van der Waals surface area contributed by atoms with E-state index in [0.29, 0.717) is 5.92 Å². The van der Waals surface area contributed by atoms with E-state index < -0.39 is 0 Å². The topological polar surface area (TPSA) is 0 Å². The van der Waals surface area contributed by atoms with Crippen LogP contribution in [0.4, 0.5) is 0 Å². The Hall–Kier alpha value is -1.56. The quantitative estimate of drug-likeness (QED) is 0.620. The molecule has 0 aromatic heterocycles. The molecule has 0 nitrogen and oxygen atoms in total. The molecule has 2 aromatic carbocycles. The summed E-state index contributed by atoms with van der Waals surface area (Å²) in [4.78, 5) is 0. The minimum Gasteiger partial charge on any atom is -0.0619 e. The van der Waals surface area contributed by atoms with Crippen LogP contribution in [0, 0.1) is 0 Å². The highest BCUT2D eigenvalue weighted by Crippen LogP contribution is 2.47. The van der Waals surface area contributed by atoms with Gasteiger partial charge < -0.3 is 0 Å². The third-order valence-electron chi connectivity index (χ3n) is 4.73. The molecule has 0 spiro atoms. The van der Waals surface area contributed by atoms with Crippen LogP contribution in [0.15, 0.2) is 36.4 Å². The Morgan fingerprint density at radius 3 is 2.67 bits per heavy atom. The smallest absolute Gasteiger partial charge is 0.00734 e. The lowest BCUT2D eigenvalue weighted by Gasteiger charge is -2.20. The fourth-order valence-corrected chi connectivity index (χ4v) is 3.79. The lowest BCUT2D eigenvalue weighted by atomic mass is 9.85.